The molecule has 0 aromatic heterocycles. The van der Waals surface area contributed by atoms with Gasteiger partial charge in [-0.05, 0) is 102 Å². The van der Waals surface area contributed by atoms with Crippen LogP contribution in [0, 0.1) is 0 Å². The summed E-state index contributed by atoms with van der Waals surface area (Å²) in [6.07, 6.45) is 1.73. The molecule has 39 heavy (non-hydrogen) atoms. The number of rotatable bonds is 9. The highest BCUT2D eigenvalue weighted by Gasteiger charge is 2.29. The summed E-state index contributed by atoms with van der Waals surface area (Å²) < 4.78 is 5.36. The third-order valence-corrected chi connectivity index (χ3v) is 7.46. The van der Waals surface area contributed by atoms with Gasteiger partial charge in [0, 0.05) is 22.5 Å². The van der Waals surface area contributed by atoms with E-state index < -0.39 is 0 Å². The zero-order chi connectivity index (χ0) is 27.2. The number of hydrogen-bond acceptors (Lipinski definition) is 4. The second kappa shape index (κ2) is 11.4. The Kier molecular flexibility index (Phi) is 7.55. The van der Waals surface area contributed by atoms with Gasteiger partial charge < -0.3 is 19.8 Å². The Morgan fingerprint density at radius 2 is 1.05 bits per heavy atom. The maximum Gasteiger partial charge on any atom is 0.119 e. The minimum atomic E-state index is -0.292. The first-order valence-electron chi connectivity index (χ1n) is 13.1. The summed E-state index contributed by atoms with van der Waals surface area (Å²) in [4.78, 5) is 2.24. The number of anilines is 3. The summed E-state index contributed by atoms with van der Waals surface area (Å²) in [5.74, 6) is 1.33. The number of phenols is 2. The fourth-order valence-corrected chi connectivity index (χ4v) is 5.08. The van der Waals surface area contributed by atoms with Gasteiger partial charge in [0.15, 0.2) is 0 Å². The van der Waals surface area contributed by atoms with Gasteiger partial charge in [-0.15, -0.1) is 0 Å². The van der Waals surface area contributed by atoms with Crippen molar-refractivity contribution in [3.63, 3.8) is 0 Å². The Morgan fingerprint density at radius 1 is 0.590 bits per heavy atom. The maximum atomic E-state index is 9.86. The zero-order valence-electron chi connectivity index (χ0n) is 22.3. The van der Waals surface area contributed by atoms with Gasteiger partial charge in [0.25, 0.3) is 0 Å². The predicted octanol–water partition coefficient (Wildman–Crippen LogP) is 8.52. The van der Waals surface area contributed by atoms with Crippen molar-refractivity contribution in [1.29, 1.82) is 0 Å². The largest absolute Gasteiger partial charge is 0.508 e. The molecule has 0 radical (unpaired) electrons. The van der Waals surface area contributed by atoms with Crippen LogP contribution in [0.15, 0.2) is 127 Å². The summed E-state index contributed by atoms with van der Waals surface area (Å²) in [6, 6.07) is 42.1. The normalized spacial score (nSPS) is 11.2. The molecule has 0 saturated carbocycles. The summed E-state index contributed by atoms with van der Waals surface area (Å²) in [5.41, 5.74) is 6.42. The first-order valence-corrected chi connectivity index (χ1v) is 13.1. The minimum absolute atomic E-state index is 0.252. The Morgan fingerprint density at radius 3 is 1.54 bits per heavy atom. The summed E-state index contributed by atoms with van der Waals surface area (Å²) in [6.45, 7) is 2.22. The van der Waals surface area contributed by atoms with Crippen molar-refractivity contribution < 1.29 is 14.9 Å². The molecule has 5 aromatic carbocycles. The first kappa shape index (κ1) is 25.9. The van der Waals surface area contributed by atoms with Gasteiger partial charge in [-0.2, -0.15) is 0 Å². The number of nitrogens with zero attached hydrogens (tertiary/aromatic N) is 1. The van der Waals surface area contributed by atoms with Crippen molar-refractivity contribution in [2.45, 2.75) is 25.2 Å². The molecule has 4 nitrogen and oxygen atoms in total. The summed E-state index contributed by atoms with van der Waals surface area (Å²) in [7, 11) is 1.68. The molecule has 5 rings (SSSR count). The molecule has 4 heteroatoms. The van der Waals surface area contributed by atoms with Crippen molar-refractivity contribution in [1.82, 2.24) is 0 Å². The zero-order valence-corrected chi connectivity index (χ0v) is 22.3. The number of hydrogen-bond donors (Lipinski definition) is 2. The smallest absolute Gasteiger partial charge is 0.119 e. The van der Waals surface area contributed by atoms with Crippen LogP contribution in [-0.2, 0) is 11.8 Å². The average molecular weight is 516 g/mol. The lowest BCUT2D eigenvalue weighted by molar-refractivity contribution is 0.415. The summed E-state index contributed by atoms with van der Waals surface area (Å²) in [5, 5.41) is 19.7. The van der Waals surface area contributed by atoms with E-state index in [0.717, 1.165) is 46.8 Å². The molecular weight excluding hydrogens is 482 g/mol. The van der Waals surface area contributed by atoms with Crippen molar-refractivity contribution >= 4 is 17.1 Å². The molecule has 0 aliphatic heterocycles. The van der Waals surface area contributed by atoms with Gasteiger partial charge in [-0.25, -0.2) is 0 Å². The molecular formula is C35H33NO3. The fraction of sp³-hybridized carbons (Fsp3) is 0.143. The van der Waals surface area contributed by atoms with E-state index >= 15 is 0 Å². The minimum Gasteiger partial charge on any atom is -0.508 e. The Balaban J connectivity index is 1.42. The van der Waals surface area contributed by atoms with E-state index in [9.17, 15) is 10.2 Å². The van der Waals surface area contributed by atoms with Crippen LogP contribution in [-0.4, -0.2) is 17.3 Å². The van der Waals surface area contributed by atoms with E-state index in [-0.39, 0.29) is 16.9 Å². The lowest BCUT2D eigenvalue weighted by Gasteiger charge is -2.31. The van der Waals surface area contributed by atoms with E-state index in [2.05, 4.69) is 60.4 Å². The van der Waals surface area contributed by atoms with Crippen molar-refractivity contribution in [2.24, 2.45) is 0 Å². The van der Waals surface area contributed by atoms with E-state index in [1.165, 1.54) is 5.56 Å². The maximum absolute atomic E-state index is 9.86. The van der Waals surface area contributed by atoms with Gasteiger partial charge in [0.1, 0.15) is 17.2 Å². The predicted molar refractivity (Wildman–Crippen MR) is 159 cm³/mol. The second-order valence-corrected chi connectivity index (χ2v) is 9.96. The summed E-state index contributed by atoms with van der Waals surface area (Å²) >= 11 is 0. The Labute approximate surface area is 230 Å². The number of phenolic OH excluding ortho intramolecular Hbond substituents is 2. The van der Waals surface area contributed by atoms with Gasteiger partial charge in [-0.1, -0.05) is 61.5 Å². The molecule has 0 bridgehead atoms. The number of ether oxygens (including phenoxy) is 1. The quantitative estimate of drug-likeness (QED) is 0.207. The number of aryl methyl sites for hydroxylation is 1. The molecule has 196 valence electrons. The Hall–Kier alpha value is -4.70. The van der Waals surface area contributed by atoms with Gasteiger partial charge >= 0.3 is 0 Å². The molecule has 5 aromatic rings. The van der Waals surface area contributed by atoms with Crippen LogP contribution in [0.1, 0.15) is 30.0 Å². The van der Waals surface area contributed by atoms with Crippen molar-refractivity contribution in [3.8, 4) is 17.2 Å². The Bertz CT molecular complexity index is 1430. The first-order chi connectivity index (χ1) is 19.0. The average Bonchev–Trinajstić information content (AvgIpc) is 2.98. The fourth-order valence-electron chi connectivity index (χ4n) is 5.08. The third kappa shape index (κ3) is 5.75. The second-order valence-electron chi connectivity index (χ2n) is 9.96. The number of para-hydroxylation sites is 1. The lowest BCUT2D eigenvalue weighted by Crippen LogP contribution is -2.24. The van der Waals surface area contributed by atoms with Crippen LogP contribution >= 0.6 is 0 Å². The van der Waals surface area contributed by atoms with E-state index in [1.807, 2.05) is 54.6 Å². The molecule has 2 N–H and O–H groups in total. The van der Waals surface area contributed by atoms with E-state index in [1.54, 1.807) is 31.4 Å². The van der Waals surface area contributed by atoms with Crippen LogP contribution in [0.5, 0.6) is 17.2 Å². The van der Waals surface area contributed by atoms with Gasteiger partial charge in [0.2, 0.25) is 0 Å². The monoisotopic (exact) mass is 515 g/mol. The molecule has 0 amide bonds. The van der Waals surface area contributed by atoms with E-state index in [0.29, 0.717) is 0 Å². The number of benzene rings is 5. The molecule has 0 heterocycles. The van der Waals surface area contributed by atoms with Gasteiger partial charge in [-0.3, -0.25) is 0 Å². The lowest BCUT2D eigenvalue weighted by atomic mass is 9.72. The molecule has 0 spiro atoms. The highest BCUT2D eigenvalue weighted by Crippen LogP contribution is 2.39. The van der Waals surface area contributed by atoms with Crippen LogP contribution < -0.4 is 9.64 Å². The van der Waals surface area contributed by atoms with Crippen LogP contribution in [0.4, 0.5) is 17.1 Å². The number of methoxy groups -OCH3 is 1. The molecule has 0 saturated heterocycles. The van der Waals surface area contributed by atoms with Crippen LogP contribution in [0.2, 0.25) is 0 Å². The molecule has 0 aliphatic carbocycles. The standard InChI is InChI=1S/C35H33NO3/c1-35(27-10-18-32(37)19-11-27,28-12-20-33(38)21-13-28)25-24-26-8-14-30(15-9-26)36(29-6-4-3-5-7-29)31-16-22-34(39-2)23-17-31/h3-23,37-38H,24-25H2,1-2H3. The molecule has 0 unspecified atom stereocenters. The van der Waals surface area contributed by atoms with Gasteiger partial charge in [0.05, 0.1) is 7.11 Å². The van der Waals surface area contributed by atoms with Crippen LogP contribution in [0.3, 0.4) is 0 Å². The number of aromatic hydroxyl groups is 2. The molecule has 0 aliphatic rings. The van der Waals surface area contributed by atoms with Crippen molar-refractivity contribution in [2.75, 3.05) is 12.0 Å². The van der Waals surface area contributed by atoms with Crippen LogP contribution in [0.25, 0.3) is 0 Å². The third-order valence-electron chi connectivity index (χ3n) is 7.46. The molecule has 0 atom stereocenters. The topological polar surface area (TPSA) is 52.9 Å². The molecule has 0 fully saturated rings. The van der Waals surface area contributed by atoms with E-state index in [4.69, 9.17) is 4.74 Å². The SMILES string of the molecule is COc1ccc(N(c2ccccc2)c2ccc(CCC(C)(c3ccc(O)cc3)c3ccc(O)cc3)cc2)cc1. The highest BCUT2D eigenvalue weighted by molar-refractivity contribution is 5.76. The van der Waals surface area contributed by atoms with Crippen molar-refractivity contribution in [3.05, 3.63) is 144 Å². The highest BCUT2D eigenvalue weighted by atomic mass is 16.5.